The number of aryl methyl sites for hydroxylation is 1. The van der Waals surface area contributed by atoms with Crippen LogP contribution in [0.15, 0.2) is 28.1 Å². The molecule has 0 aliphatic heterocycles. The summed E-state index contributed by atoms with van der Waals surface area (Å²) in [5, 5.41) is 2.11. The van der Waals surface area contributed by atoms with Crippen molar-refractivity contribution in [1.82, 2.24) is 0 Å². The molecule has 0 saturated heterocycles. The Hall–Kier alpha value is 0.130. The third-order valence-corrected chi connectivity index (χ3v) is 7.62. The van der Waals surface area contributed by atoms with E-state index in [9.17, 15) is 0 Å². The van der Waals surface area contributed by atoms with E-state index in [1.807, 2.05) is 0 Å². The summed E-state index contributed by atoms with van der Waals surface area (Å²) < 4.78 is 3.83. The van der Waals surface area contributed by atoms with Gasteiger partial charge in [-0.3, -0.25) is 0 Å². The second-order valence-electron chi connectivity index (χ2n) is 3.71. The Morgan fingerprint density at radius 2 is 1.94 bits per heavy atom. The van der Waals surface area contributed by atoms with E-state index < -0.39 is 0 Å². The molecule has 0 amide bonds. The van der Waals surface area contributed by atoms with Crippen LogP contribution in [-0.4, -0.2) is 0 Å². The van der Waals surface area contributed by atoms with Crippen LogP contribution in [0, 0.1) is 6.92 Å². The van der Waals surface area contributed by atoms with Crippen LogP contribution >= 0.6 is 61.5 Å². The minimum Gasteiger partial charge on any atom is -0.143 e. The Labute approximate surface area is 125 Å². The Bertz CT molecular complexity index is 616. The van der Waals surface area contributed by atoms with E-state index in [2.05, 4.69) is 46.4 Å². The van der Waals surface area contributed by atoms with Gasteiger partial charge in [0.05, 0.1) is 0 Å². The van der Waals surface area contributed by atoms with Gasteiger partial charge in [0.15, 0.2) is 0 Å². The predicted molar refractivity (Wildman–Crippen MR) is 84.2 cm³/mol. The Kier molecular flexibility index (Phi) is 3.34. The van der Waals surface area contributed by atoms with Gasteiger partial charge in [0.1, 0.15) is 5.38 Å². The average molecular weight is 364 g/mol. The third-order valence-electron chi connectivity index (χ3n) is 2.53. The van der Waals surface area contributed by atoms with Crippen LogP contribution in [0.4, 0.5) is 0 Å². The summed E-state index contributed by atoms with van der Waals surface area (Å²) in [4.78, 5) is 3.73. The number of rotatable bonds is 2. The molecule has 0 aromatic carbocycles. The molecule has 5 heteroatoms. The van der Waals surface area contributed by atoms with Crippen LogP contribution in [0.3, 0.4) is 0 Å². The molecular formula is C12H8BrClS3. The molecule has 1 atom stereocenters. The molecule has 0 aliphatic carbocycles. The van der Waals surface area contributed by atoms with E-state index in [1.54, 1.807) is 34.0 Å². The van der Waals surface area contributed by atoms with Crippen LogP contribution in [-0.2, 0) is 0 Å². The summed E-state index contributed by atoms with van der Waals surface area (Å²) in [6, 6.07) is 6.50. The van der Waals surface area contributed by atoms with E-state index in [0.717, 1.165) is 4.47 Å². The highest BCUT2D eigenvalue weighted by molar-refractivity contribution is 9.10. The van der Waals surface area contributed by atoms with Gasteiger partial charge < -0.3 is 0 Å². The van der Waals surface area contributed by atoms with Gasteiger partial charge >= 0.3 is 0 Å². The van der Waals surface area contributed by atoms with Crippen LogP contribution < -0.4 is 0 Å². The van der Waals surface area contributed by atoms with Gasteiger partial charge in [-0.05, 0) is 46.4 Å². The quantitative estimate of drug-likeness (QED) is 0.461. The van der Waals surface area contributed by atoms with Gasteiger partial charge in [0, 0.05) is 28.5 Å². The lowest BCUT2D eigenvalue weighted by Gasteiger charge is -2.02. The number of halogens is 2. The molecule has 0 spiro atoms. The summed E-state index contributed by atoms with van der Waals surface area (Å²) >= 11 is 15.4. The van der Waals surface area contributed by atoms with Gasteiger partial charge in [0.2, 0.25) is 0 Å². The zero-order chi connectivity index (χ0) is 12.0. The SMILES string of the molecule is Cc1sc(C(Cl)c2cc3sccc3s2)cc1Br. The first-order valence-corrected chi connectivity index (χ1v) is 8.76. The summed E-state index contributed by atoms with van der Waals surface area (Å²) in [7, 11) is 0. The first-order chi connectivity index (χ1) is 8.15. The largest absolute Gasteiger partial charge is 0.143 e. The topological polar surface area (TPSA) is 0 Å². The van der Waals surface area contributed by atoms with Crippen LogP contribution in [0.25, 0.3) is 9.40 Å². The minimum absolute atomic E-state index is 0.0189. The molecule has 3 heterocycles. The van der Waals surface area contributed by atoms with Crippen LogP contribution in [0.1, 0.15) is 20.0 Å². The van der Waals surface area contributed by atoms with Gasteiger partial charge in [-0.25, -0.2) is 0 Å². The molecule has 3 rings (SSSR count). The van der Waals surface area contributed by atoms with Crippen molar-refractivity contribution in [2.45, 2.75) is 12.3 Å². The third kappa shape index (κ3) is 2.22. The molecular weight excluding hydrogens is 356 g/mol. The van der Waals surface area contributed by atoms with Crippen molar-refractivity contribution in [2.75, 3.05) is 0 Å². The number of fused-ring (bicyclic) bond motifs is 1. The van der Waals surface area contributed by atoms with Crippen LogP contribution in [0.5, 0.6) is 0 Å². The van der Waals surface area contributed by atoms with Gasteiger partial charge in [-0.1, -0.05) is 0 Å². The second-order valence-corrected chi connectivity index (χ2v) is 8.36. The Morgan fingerprint density at radius 3 is 2.59 bits per heavy atom. The van der Waals surface area contributed by atoms with Crippen molar-refractivity contribution in [1.29, 1.82) is 0 Å². The molecule has 0 nitrogen and oxygen atoms in total. The first kappa shape index (κ1) is 12.2. The number of alkyl halides is 1. The lowest BCUT2D eigenvalue weighted by atomic mass is 10.3. The van der Waals surface area contributed by atoms with Gasteiger partial charge in [-0.2, -0.15) is 0 Å². The monoisotopic (exact) mass is 362 g/mol. The number of hydrogen-bond donors (Lipinski definition) is 0. The minimum atomic E-state index is -0.0189. The highest BCUT2D eigenvalue weighted by Crippen LogP contribution is 2.42. The Morgan fingerprint density at radius 1 is 1.18 bits per heavy atom. The maximum absolute atomic E-state index is 6.55. The van der Waals surface area contributed by atoms with Crippen LogP contribution in [0.2, 0.25) is 0 Å². The van der Waals surface area contributed by atoms with Crippen molar-refractivity contribution in [3.8, 4) is 0 Å². The molecule has 17 heavy (non-hydrogen) atoms. The highest BCUT2D eigenvalue weighted by Gasteiger charge is 2.17. The molecule has 88 valence electrons. The van der Waals surface area contributed by atoms with E-state index in [4.69, 9.17) is 11.6 Å². The van der Waals surface area contributed by atoms with Crippen molar-refractivity contribution in [3.63, 3.8) is 0 Å². The fourth-order valence-electron chi connectivity index (χ4n) is 1.66. The molecule has 0 N–H and O–H groups in total. The average Bonchev–Trinajstić information content (AvgIpc) is 2.92. The van der Waals surface area contributed by atoms with Crippen molar-refractivity contribution >= 4 is 70.9 Å². The molecule has 0 bridgehead atoms. The molecule has 3 aromatic rings. The second kappa shape index (κ2) is 4.67. The fraction of sp³-hybridized carbons (Fsp3) is 0.167. The predicted octanol–water partition coefficient (Wildman–Crippen LogP) is 6.42. The van der Waals surface area contributed by atoms with Crippen molar-refractivity contribution < 1.29 is 0 Å². The normalized spacial score (nSPS) is 13.4. The molecule has 0 saturated carbocycles. The molecule has 0 radical (unpaired) electrons. The zero-order valence-corrected chi connectivity index (χ0v) is 13.7. The summed E-state index contributed by atoms with van der Waals surface area (Å²) in [5.41, 5.74) is 0. The fourth-order valence-corrected chi connectivity index (χ4v) is 5.80. The summed E-state index contributed by atoms with van der Waals surface area (Å²) in [5.74, 6) is 0. The van der Waals surface area contributed by atoms with Gasteiger partial charge in [-0.15, -0.1) is 45.6 Å². The van der Waals surface area contributed by atoms with Crippen molar-refractivity contribution in [3.05, 3.63) is 42.7 Å². The Balaban J connectivity index is 2.01. The molecule has 0 aliphatic rings. The molecule has 0 fully saturated rings. The molecule has 3 aromatic heterocycles. The maximum Gasteiger partial charge on any atom is 0.102 e. The van der Waals surface area contributed by atoms with E-state index in [-0.39, 0.29) is 5.38 Å². The molecule has 1 unspecified atom stereocenters. The number of thiophene rings is 3. The van der Waals surface area contributed by atoms with Crippen molar-refractivity contribution in [2.24, 2.45) is 0 Å². The maximum atomic E-state index is 6.55. The summed E-state index contributed by atoms with van der Waals surface area (Å²) in [6.07, 6.45) is 0. The highest BCUT2D eigenvalue weighted by atomic mass is 79.9. The lowest BCUT2D eigenvalue weighted by molar-refractivity contribution is 1.24. The standard InChI is InChI=1S/C12H8BrClS3/c1-6-7(13)4-10(16-6)12(14)11-5-9-8(17-11)2-3-15-9/h2-5,12H,1H3. The van der Waals surface area contributed by atoms with E-state index in [0.29, 0.717) is 0 Å². The van der Waals surface area contributed by atoms with E-state index >= 15 is 0 Å². The smallest absolute Gasteiger partial charge is 0.102 e. The first-order valence-electron chi connectivity index (χ1n) is 5.02. The number of hydrogen-bond acceptors (Lipinski definition) is 3. The summed E-state index contributed by atoms with van der Waals surface area (Å²) in [6.45, 7) is 2.11. The lowest BCUT2D eigenvalue weighted by Crippen LogP contribution is -1.84. The van der Waals surface area contributed by atoms with E-state index in [1.165, 1.54) is 24.0 Å². The van der Waals surface area contributed by atoms with Gasteiger partial charge in [0.25, 0.3) is 0 Å². The zero-order valence-electron chi connectivity index (χ0n) is 8.87.